The monoisotopic (exact) mass is 409 g/mol. The molecule has 2 heterocycles. The highest BCUT2D eigenvalue weighted by atomic mass is 16.5. The maximum atomic E-state index is 12.3. The highest BCUT2D eigenvalue weighted by molar-refractivity contribution is 5.99. The number of nitrogens with two attached hydrogens (primary N) is 2. The van der Waals surface area contributed by atoms with E-state index in [1.807, 2.05) is 78.9 Å². The number of H-pyrrole nitrogens is 1. The number of nitrogens with zero attached hydrogens (tertiary/aromatic N) is 2. The van der Waals surface area contributed by atoms with Crippen LogP contribution in [0.3, 0.4) is 0 Å². The summed E-state index contributed by atoms with van der Waals surface area (Å²) in [4.78, 5) is 17.0. The van der Waals surface area contributed by atoms with Crippen LogP contribution in [0.5, 0.6) is 11.5 Å². The second-order valence-electron chi connectivity index (χ2n) is 7.08. The van der Waals surface area contributed by atoms with Gasteiger partial charge in [-0.05, 0) is 54.1 Å². The molecule has 7 heteroatoms. The van der Waals surface area contributed by atoms with Crippen LogP contribution in [0.4, 0.5) is 5.69 Å². The number of hydrogen-bond donors (Lipinski definition) is 3. The Bertz CT molecular complexity index is 1390. The molecule has 0 spiro atoms. The van der Waals surface area contributed by atoms with Crippen molar-refractivity contribution < 1.29 is 9.53 Å². The van der Waals surface area contributed by atoms with E-state index in [9.17, 15) is 4.79 Å². The van der Waals surface area contributed by atoms with Gasteiger partial charge in [-0.15, -0.1) is 0 Å². The van der Waals surface area contributed by atoms with Gasteiger partial charge in [0.25, 0.3) is 5.91 Å². The molecule has 5 aromatic rings. The van der Waals surface area contributed by atoms with Crippen LogP contribution in [-0.2, 0) is 0 Å². The van der Waals surface area contributed by atoms with E-state index in [0.717, 1.165) is 22.4 Å². The van der Waals surface area contributed by atoms with E-state index in [1.54, 1.807) is 10.7 Å². The molecule has 0 aliphatic carbocycles. The molecule has 0 saturated heterocycles. The summed E-state index contributed by atoms with van der Waals surface area (Å²) in [6.07, 6.45) is 1.78. The van der Waals surface area contributed by atoms with Crippen molar-refractivity contribution >= 4 is 17.2 Å². The summed E-state index contributed by atoms with van der Waals surface area (Å²) >= 11 is 0. The quantitative estimate of drug-likeness (QED) is 0.372. The predicted molar refractivity (Wildman–Crippen MR) is 120 cm³/mol. The molecule has 152 valence electrons. The average Bonchev–Trinajstić information content (AvgIpc) is 3.34. The normalized spacial score (nSPS) is 11.0. The molecule has 0 unspecified atom stereocenters. The molecule has 3 aromatic carbocycles. The first kappa shape index (κ1) is 18.5. The van der Waals surface area contributed by atoms with Crippen LogP contribution in [0, 0.1) is 0 Å². The zero-order valence-electron chi connectivity index (χ0n) is 16.4. The zero-order chi connectivity index (χ0) is 21.4. The van der Waals surface area contributed by atoms with Gasteiger partial charge >= 0.3 is 0 Å². The lowest BCUT2D eigenvalue weighted by Gasteiger charge is -2.06. The fraction of sp³-hybridized carbons (Fsp3) is 0. The molecular weight excluding hydrogens is 390 g/mol. The molecule has 0 bridgehead atoms. The summed E-state index contributed by atoms with van der Waals surface area (Å²) < 4.78 is 7.45. The predicted octanol–water partition coefficient (Wildman–Crippen LogP) is 4.47. The second-order valence-corrected chi connectivity index (χ2v) is 7.08. The Kier molecular flexibility index (Phi) is 4.41. The first-order valence-electron chi connectivity index (χ1n) is 9.69. The van der Waals surface area contributed by atoms with Crippen molar-refractivity contribution in [1.29, 1.82) is 0 Å². The molecule has 31 heavy (non-hydrogen) atoms. The molecule has 5 rings (SSSR count). The lowest BCUT2D eigenvalue weighted by atomic mass is 10.1. The number of carbonyl (C=O) groups is 1. The maximum Gasteiger partial charge on any atom is 0.269 e. The molecule has 0 fully saturated rings. The number of anilines is 1. The number of fused-ring (bicyclic) bond motifs is 1. The fourth-order valence-electron chi connectivity index (χ4n) is 3.57. The van der Waals surface area contributed by atoms with Gasteiger partial charge in [0.1, 0.15) is 17.2 Å². The van der Waals surface area contributed by atoms with Crippen molar-refractivity contribution in [2.45, 2.75) is 0 Å². The molecule has 0 radical (unpaired) electrons. The van der Waals surface area contributed by atoms with Gasteiger partial charge in [-0.25, -0.2) is 9.50 Å². The van der Waals surface area contributed by atoms with Crippen LogP contribution in [0.1, 0.15) is 10.5 Å². The summed E-state index contributed by atoms with van der Waals surface area (Å²) in [6, 6.07) is 24.4. The zero-order valence-corrected chi connectivity index (χ0v) is 16.4. The molecular formula is C24H19N5O2. The molecule has 1 amide bonds. The Morgan fingerprint density at radius 2 is 1.65 bits per heavy atom. The topological polar surface area (TPSA) is 111 Å². The minimum atomic E-state index is -0.576. The summed E-state index contributed by atoms with van der Waals surface area (Å²) in [5.41, 5.74) is 16.1. The largest absolute Gasteiger partial charge is 0.457 e. The average molecular weight is 409 g/mol. The third-order valence-corrected chi connectivity index (χ3v) is 4.99. The SMILES string of the molecule is NC(=O)c1c(-c2ccc(Oc3ccccc3)cc2)nc2c(-c3cccc(N)c3)c[nH]n12. The molecule has 0 atom stereocenters. The fourth-order valence-corrected chi connectivity index (χ4v) is 3.57. The van der Waals surface area contributed by atoms with E-state index in [1.165, 1.54) is 0 Å². The van der Waals surface area contributed by atoms with Crippen LogP contribution >= 0.6 is 0 Å². The van der Waals surface area contributed by atoms with Gasteiger partial charge < -0.3 is 16.2 Å². The van der Waals surface area contributed by atoms with Crippen molar-refractivity contribution in [3.8, 4) is 33.9 Å². The van der Waals surface area contributed by atoms with Crippen molar-refractivity contribution in [2.75, 3.05) is 5.73 Å². The van der Waals surface area contributed by atoms with E-state index >= 15 is 0 Å². The highest BCUT2D eigenvalue weighted by Crippen LogP contribution is 2.32. The van der Waals surface area contributed by atoms with Crippen molar-refractivity contribution in [2.24, 2.45) is 5.73 Å². The number of hydrogen-bond acceptors (Lipinski definition) is 4. The van der Waals surface area contributed by atoms with Crippen molar-refractivity contribution in [3.63, 3.8) is 0 Å². The number of rotatable bonds is 5. The Morgan fingerprint density at radius 1 is 0.903 bits per heavy atom. The number of aromatic amines is 1. The number of imidazole rings is 1. The Balaban J connectivity index is 1.56. The molecule has 0 aliphatic heterocycles. The number of amides is 1. The summed E-state index contributed by atoms with van der Waals surface area (Å²) in [5.74, 6) is 0.851. The number of para-hydroxylation sites is 1. The summed E-state index contributed by atoms with van der Waals surface area (Å²) in [5, 5.41) is 3.08. The second kappa shape index (κ2) is 7.38. The van der Waals surface area contributed by atoms with Gasteiger partial charge in [-0.2, -0.15) is 0 Å². The standard InChI is InChI=1S/C24H19N5O2/c25-17-6-4-5-16(13-17)20-14-27-29-22(23(26)30)21(28-24(20)29)15-9-11-19(12-10-15)31-18-7-2-1-3-8-18/h1-14,27H,25H2,(H2,26,30). The minimum Gasteiger partial charge on any atom is -0.457 e. The number of ether oxygens (including phenoxy) is 1. The molecule has 2 aromatic heterocycles. The summed E-state index contributed by atoms with van der Waals surface area (Å²) in [7, 11) is 0. The van der Waals surface area contributed by atoms with Crippen molar-refractivity contribution in [3.05, 3.63) is 90.8 Å². The smallest absolute Gasteiger partial charge is 0.269 e. The molecule has 5 N–H and O–H groups in total. The first-order chi connectivity index (χ1) is 15.1. The van der Waals surface area contributed by atoms with Crippen LogP contribution in [-0.4, -0.2) is 20.5 Å². The number of nitrogens with one attached hydrogen (secondary N) is 1. The Labute approximate surface area is 177 Å². The number of benzene rings is 3. The van der Waals surface area contributed by atoms with Gasteiger partial charge in [0, 0.05) is 23.0 Å². The minimum absolute atomic E-state index is 0.280. The first-order valence-corrected chi connectivity index (χ1v) is 9.69. The van der Waals surface area contributed by atoms with Crippen LogP contribution < -0.4 is 16.2 Å². The third kappa shape index (κ3) is 3.38. The molecule has 0 saturated carbocycles. The van der Waals surface area contributed by atoms with Crippen LogP contribution in [0.15, 0.2) is 85.1 Å². The van der Waals surface area contributed by atoms with Gasteiger partial charge in [-0.1, -0.05) is 30.3 Å². The van der Waals surface area contributed by atoms with Crippen LogP contribution in [0.2, 0.25) is 0 Å². The maximum absolute atomic E-state index is 12.3. The van der Waals surface area contributed by atoms with E-state index < -0.39 is 5.91 Å². The van der Waals surface area contributed by atoms with E-state index in [-0.39, 0.29) is 5.69 Å². The molecule has 0 aliphatic rings. The van der Waals surface area contributed by atoms with E-state index in [0.29, 0.717) is 22.8 Å². The highest BCUT2D eigenvalue weighted by Gasteiger charge is 2.22. The Morgan fingerprint density at radius 3 is 2.35 bits per heavy atom. The van der Waals surface area contributed by atoms with Crippen LogP contribution in [0.25, 0.3) is 28.0 Å². The number of primary amides is 1. The lowest BCUT2D eigenvalue weighted by molar-refractivity contribution is 0.0994. The number of carbonyl (C=O) groups excluding carboxylic acids is 1. The van der Waals surface area contributed by atoms with Gasteiger partial charge in [0.2, 0.25) is 0 Å². The lowest BCUT2D eigenvalue weighted by Crippen LogP contribution is -2.15. The van der Waals surface area contributed by atoms with Gasteiger partial charge in [0.05, 0.1) is 0 Å². The Hall–Kier alpha value is -4.52. The van der Waals surface area contributed by atoms with Gasteiger partial charge in [-0.3, -0.25) is 9.89 Å². The van der Waals surface area contributed by atoms with Gasteiger partial charge in [0.15, 0.2) is 11.3 Å². The summed E-state index contributed by atoms with van der Waals surface area (Å²) in [6.45, 7) is 0. The molecule has 7 nitrogen and oxygen atoms in total. The van der Waals surface area contributed by atoms with E-state index in [2.05, 4.69) is 5.10 Å². The third-order valence-electron chi connectivity index (χ3n) is 4.99. The number of aromatic nitrogens is 3. The van der Waals surface area contributed by atoms with Crippen molar-refractivity contribution in [1.82, 2.24) is 14.6 Å². The number of nitrogen functional groups attached to an aromatic ring is 1. The van der Waals surface area contributed by atoms with E-state index in [4.69, 9.17) is 21.2 Å².